The predicted octanol–water partition coefficient (Wildman–Crippen LogP) is 1.12. The van der Waals surface area contributed by atoms with Crippen LogP contribution in [0.3, 0.4) is 0 Å². The van der Waals surface area contributed by atoms with Crippen LogP contribution in [0.2, 0.25) is 0 Å². The van der Waals surface area contributed by atoms with Crippen molar-refractivity contribution in [1.29, 1.82) is 0 Å². The van der Waals surface area contributed by atoms with Gasteiger partial charge in [-0.05, 0) is 24.6 Å². The van der Waals surface area contributed by atoms with Crippen LogP contribution in [0.15, 0.2) is 23.1 Å². The van der Waals surface area contributed by atoms with Crippen molar-refractivity contribution in [3.63, 3.8) is 0 Å². The molecular formula is C12H13FN2O2S. The van der Waals surface area contributed by atoms with Crippen LogP contribution in [0.25, 0.3) is 0 Å². The number of halogens is 1. The molecule has 1 atom stereocenters. The van der Waals surface area contributed by atoms with Gasteiger partial charge in [-0.3, -0.25) is 9.59 Å². The number of carbonyl (C=O) groups is 2. The van der Waals surface area contributed by atoms with E-state index in [-0.39, 0.29) is 22.8 Å². The third kappa shape index (κ3) is 3.01. The van der Waals surface area contributed by atoms with Crippen molar-refractivity contribution in [2.75, 3.05) is 6.54 Å². The van der Waals surface area contributed by atoms with Gasteiger partial charge in [-0.1, -0.05) is 0 Å². The number of benzene rings is 1. The SMILES string of the molecule is O=C1CCC(CNC(=O)c2ccc(F)c(S)c2)N1. The highest BCUT2D eigenvalue weighted by Gasteiger charge is 2.21. The maximum absolute atomic E-state index is 13.0. The van der Waals surface area contributed by atoms with Crippen LogP contribution >= 0.6 is 12.6 Å². The number of thiol groups is 1. The Morgan fingerprint density at radius 3 is 2.94 bits per heavy atom. The molecule has 0 radical (unpaired) electrons. The van der Waals surface area contributed by atoms with Gasteiger partial charge in [-0.2, -0.15) is 0 Å². The lowest BCUT2D eigenvalue weighted by molar-refractivity contribution is -0.119. The predicted molar refractivity (Wildman–Crippen MR) is 67.1 cm³/mol. The summed E-state index contributed by atoms with van der Waals surface area (Å²) in [5.41, 5.74) is 0.353. The molecule has 0 spiro atoms. The molecule has 2 rings (SSSR count). The highest BCUT2D eigenvalue weighted by molar-refractivity contribution is 7.80. The van der Waals surface area contributed by atoms with Crippen molar-refractivity contribution in [2.45, 2.75) is 23.8 Å². The number of amides is 2. The maximum atomic E-state index is 13.0. The molecule has 2 N–H and O–H groups in total. The summed E-state index contributed by atoms with van der Waals surface area (Å²) in [5, 5.41) is 5.45. The molecule has 0 aromatic heterocycles. The summed E-state index contributed by atoms with van der Waals surface area (Å²) < 4.78 is 13.0. The Kier molecular flexibility index (Phi) is 3.86. The van der Waals surface area contributed by atoms with E-state index < -0.39 is 5.82 Å². The lowest BCUT2D eigenvalue weighted by atomic mass is 10.2. The second-order valence-corrected chi connectivity index (χ2v) is 4.66. The molecule has 1 aliphatic heterocycles. The Hall–Kier alpha value is -1.56. The van der Waals surface area contributed by atoms with E-state index in [1.165, 1.54) is 18.2 Å². The number of rotatable bonds is 3. The van der Waals surface area contributed by atoms with Crippen LogP contribution in [0.1, 0.15) is 23.2 Å². The zero-order chi connectivity index (χ0) is 13.1. The molecule has 6 heteroatoms. The zero-order valence-electron chi connectivity index (χ0n) is 9.57. The largest absolute Gasteiger partial charge is 0.352 e. The molecule has 2 amide bonds. The quantitative estimate of drug-likeness (QED) is 0.720. The van der Waals surface area contributed by atoms with E-state index in [1.807, 2.05) is 0 Å². The van der Waals surface area contributed by atoms with Gasteiger partial charge in [-0.25, -0.2) is 4.39 Å². The van der Waals surface area contributed by atoms with Gasteiger partial charge >= 0.3 is 0 Å². The summed E-state index contributed by atoms with van der Waals surface area (Å²) in [5.74, 6) is -0.752. The van der Waals surface area contributed by atoms with E-state index in [0.29, 0.717) is 18.5 Å². The van der Waals surface area contributed by atoms with E-state index in [0.717, 1.165) is 6.42 Å². The van der Waals surface area contributed by atoms with Crippen molar-refractivity contribution in [1.82, 2.24) is 10.6 Å². The van der Waals surface area contributed by atoms with Gasteiger partial charge in [0, 0.05) is 29.5 Å². The Morgan fingerprint density at radius 2 is 2.33 bits per heavy atom. The fraction of sp³-hybridized carbons (Fsp3) is 0.333. The fourth-order valence-corrected chi connectivity index (χ4v) is 2.02. The Balaban J connectivity index is 1.91. The highest BCUT2D eigenvalue weighted by atomic mass is 32.1. The average Bonchev–Trinajstić information content (AvgIpc) is 2.75. The van der Waals surface area contributed by atoms with Crippen LogP contribution in [-0.4, -0.2) is 24.4 Å². The zero-order valence-corrected chi connectivity index (χ0v) is 10.5. The van der Waals surface area contributed by atoms with Crippen molar-refractivity contribution in [3.05, 3.63) is 29.6 Å². The monoisotopic (exact) mass is 268 g/mol. The van der Waals surface area contributed by atoms with Gasteiger partial charge in [-0.15, -0.1) is 12.6 Å². The van der Waals surface area contributed by atoms with E-state index in [1.54, 1.807) is 0 Å². The molecule has 96 valence electrons. The van der Waals surface area contributed by atoms with Crippen LogP contribution < -0.4 is 10.6 Å². The molecule has 1 unspecified atom stereocenters. The molecule has 18 heavy (non-hydrogen) atoms. The van der Waals surface area contributed by atoms with E-state index in [9.17, 15) is 14.0 Å². The summed E-state index contributed by atoms with van der Waals surface area (Å²) in [6.07, 6.45) is 1.22. The Bertz CT molecular complexity index is 493. The molecule has 1 fully saturated rings. The van der Waals surface area contributed by atoms with Crippen molar-refractivity contribution >= 4 is 24.4 Å². The molecule has 1 heterocycles. The van der Waals surface area contributed by atoms with Crippen LogP contribution in [0.4, 0.5) is 4.39 Å². The van der Waals surface area contributed by atoms with Crippen LogP contribution in [0, 0.1) is 5.82 Å². The van der Waals surface area contributed by atoms with Gasteiger partial charge < -0.3 is 10.6 Å². The van der Waals surface area contributed by atoms with E-state index in [4.69, 9.17) is 0 Å². The first-order chi connectivity index (χ1) is 8.56. The topological polar surface area (TPSA) is 58.2 Å². The molecule has 0 bridgehead atoms. The molecule has 0 saturated carbocycles. The molecule has 1 aromatic rings. The number of carbonyl (C=O) groups excluding carboxylic acids is 2. The van der Waals surface area contributed by atoms with E-state index in [2.05, 4.69) is 23.3 Å². The first-order valence-corrected chi connectivity index (χ1v) is 6.07. The highest BCUT2D eigenvalue weighted by Crippen LogP contribution is 2.14. The van der Waals surface area contributed by atoms with Gasteiger partial charge in [0.05, 0.1) is 0 Å². The molecule has 0 aliphatic carbocycles. The lowest BCUT2D eigenvalue weighted by Gasteiger charge is -2.11. The van der Waals surface area contributed by atoms with Crippen molar-refractivity contribution in [2.24, 2.45) is 0 Å². The first kappa shape index (κ1) is 12.9. The Labute approximate surface area is 109 Å². The molecule has 1 saturated heterocycles. The van der Waals surface area contributed by atoms with Crippen LogP contribution in [0.5, 0.6) is 0 Å². The maximum Gasteiger partial charge on any atom is 0.251 e. The summed E-state index contributed by atoms with van der Waals surface area (Å²) in [6.45, 7) is 0.379. The molecule has 1 aromatic carbocycles. The van der Waals surface area contributed by atoms with Crippen LogP contribution in [-0.2, 0) is 4.79 Å². The number of hydrogen-bond donors (Lipinski definition) is 3. The van der Waals surface area contributed by atoms with Gasteiger partial charge in [0.2, 0.25) is 5.91 Å². The second kappa shape index (κ2) is 5.39. The van der Waals surface area contributed by atoms with Crippen molar-refractivity contribution < 1.29 is 14.0 Å². The summed E-state index contributed by atoms with van der Waals surface area (Å²) in [7, 11) is 0. The van der Waals surface area contributed by atoms with Gasteiger partial charge in [0.15, 0.2) is 0 Å². The van der Waals surface area contributed by atoms with E-state index >= 15 is 0 Å². The van der Waals surface area contributed by atoms with Gasteiger partial charge in [0.25, 0.3) is 5.91 Å². The number of nitrogens with one attached hydrogen (secondary N) is 2. The normalized spacial score (nSPS) is 18.6. The second-order valence-electron chi connectivity index (χ2n) is 4.18. The standard InChI is InChI=1S/C12H13FN2O2S/c13-9-3-1-7(5-10(9)18)12(17)14-6-8-2-4-11(16)15-8/h1,3,5,8,18H,2,4,6H2,(H,14,17)(H,15,16). The smallest absolute Gasteiger partial charge is 0.251 e. The molecule has 4 nitrogen and oxygen atoms in total. The third-order valence-corrected chi connectivity index (χ3v) is 3.15. The third-order valence-electron chi connectivity index (χ3n) is 2.80. The van der Waals surface area contributed by atoms with Gasteiger partial charge in [0.1, 0.15) is 5.82 Å². The Morgan fingerprint density at radius 1 is 1.56 bits per heavy atom. The first-order valence-electron chi connectivity index (χ1n) is 5.62. The number of hydrogen-bond acceptors (Lipinski definition) is 3. The fourth-order valence-electron chi connectivity index (χ4n) is 1.80. The van der Waals surface area contributed by atoms with Crippen molar-refractivity contribution in [3.8, 4) is 0 Å². The summed E-state index contributed by atoms with van der Waals surface area (Å²) >= 11 is 3.92. The summed E-state index contributed by atoms with van der Waals surface area (Å²) in [6, 6.07) is 3.96. The summed E-state index contributed by atoms with van der Waals surface area (Å²) in [4.78, 5) is 22.9. The minimum Gasteiger partial charge on any atom is -0.352 e. The minimum absolute atomic E-state index is 0.00803. The average molecular weight is 268 g/mol. The molecule has 1 aliphatic rings. The minimum atomic E-state index is -0.460. The molecular weight excluding hydrogens is 255 g/mol. The lowest BCUT2D eigenvalue weighted by Crippen LogP contribution is -2.38.